The van der Waals surface area contributed by atoms with Gasteiger partial charge in [0.15, 0.2) is 5.13 Å². The number of carbonyl (C=O) groups is 2. The van der Waals surface area contributed by atoms with Gasteiger partial charge in [-0.2, -0.15) is 0 Å². The number of amides is 3. The molecule has 0 fully saturated rings. The van der Waals surface area contributed by atoms with Crippen LogP contribution in [-0.4, -0.2) is 23.5 Å². The zero-order valence-corrected chi connectivity index (χ0v) is 14.2. The highest BCUT2D eigenvalue weighted by molar-refractivity contribution is 7.14. The standard InChI is InChI=1S/C16H20N4O2S/c1-10(2)8-17-14(21)13-9-23-16(19-13)20-15(22)18-12-6-4-5-11(3)7-12/h4-7,9-10H,8H2,1-3H3,(H,17,21)(H2,18,19,20,22). The van der Waals surface area contributed by atoms with E-state index in [1.807, 2.05) is 39.0 Å². The molecule has 3 amide bonds. The fourth-order valence-electron chi connectivity index (χ4n) is 1.81. The number of benzene rings is 1. The second kappa shape index (κ2) is 7.73. The van der Waals surface area contributed by atoms with Crippen LogP contribution in [0.1, 0.15) is 29.9 Å². The van der Waals surface area contributed by atoms with E-state index >= 15 is 0 Å². The molecule has 0 unspecified atom stereocenters. The number of urea groups is 1. The molecule has 122 valence electrons. The van der Waals surface area contributed by atoms with Gasteiger partial charge in [-0.05, 0) is 30.5 Å². The average Bonchev–Trinajstić information content (AvgIpc) is 2.93. The van der Waals surface area contributed by atoms with Gasteiger partial charge in [0.05, 0.1) is 0 Å². The summed E-state index contributed by atoms with van der Waals surface area (Å²) < 4.78 is 0. The Hall–Kier alpha value is -2.41. The average molecular weight is 332 g/mol. The summed E-state index contributed by atoms with van der Waals surface area (Å²) in [4.78, 5) is 27.9. The summed E-state index contributed by atoms with van der Waals surface area (Å²) in [6, 6.07) is 7.10. The van der Waals surface area contributed by atoms with Crippen molar-refractivity contribution in [2.45, 2.75) is 20.8 Å². The van der Waals surface area contributed by atoms with Crippen molar-refractivity contribution in [2.75, 3.05) is 17.2 Å². The number of aromatic nitrogens is 1. The van der Waals surface area contributed by atoms with Crippen molar-refractivity contribution in [3.8, 4) is 0 Å². The van der Waals surface area contributed by atoms with Crippen LogP contribution in [-0.2, 0) is 0 Å². The first-order valence-electron chi connectivity index (χ1n) is 7.32. The number of rotatable bonds is 5. The second-order valence-corrected chi connectivity index (χ2v) is 6.45. The SMILES string of the molecule is Cc1cccc(NC(=O)Nc2nc(C(=O)NCC(C)C)cs2)c1. The summed E-state index contributed by atoms with van der Waals surface area (Å²) >= 11 is 1.21. The van der Waals surface area contributed by atoms with E-state index < -0.39 is 0 Å². The Labute approximate surface area is 139 Å². The molecule has 0 aliphatic rings. The third kappa shape index (κ3) is 5.37. The van der Waals surface area contributed by atoms with Crippen LogP contribution in [0.2, 0.25) is 0 Å². The lowest BCUT2D eigenvalue weighted by Gasteiger charge is -2.06. The highest BCUT2D eigenvalue weighted by atomic mass is 32.1. The van der Waals surface area contributed by atoms with E-state index in [0.29, 0.717) is 29.0 Å². The van der Waals surface area contributed by atoms with Gasteiger partial charge < -0.3 is 10.6 Å². The van der Waals surface area contributed by atoms with E-state index in [9.17, 15) is 9.59 Å². The number of nitrogens with zero attached hydrogens (tertiary/aromatic N) is 1. The second-order valence-electron chi connectivity index (χ2n) is 5.59. The molecule has 0 atom stereocenters. The van der Waals surface area contributed by atoms with Gasteiger partial charge in [-0.25, -0.2) is 9.78 Å². The lowest BCUT2D eigenvalue weighted by atomic mass is 10.2. The van der Waals surface area contributed by atoms with Crippen LogP contribution in [0.4, 0.5) is 15.6 Å². The van der Waals surface area contributed by atoms with Gasteiger partial charge >= 0.3 is 6.03 Å². The topological polar surface area (TPSA) is 83.1 Å². The van der Waals surface area contributed by atoms with Gasteiger partial charge in [-0.3, -0.25) is 10.1 Å². The highest BCUT2D eigenvalue weighted by Crippen LogP contribution is 2.16. The molecule has 0 saturated carbocycles. The van der Waals surface area contributed by atoms with Gasteiger partial charge in [0.2, 0.25) is 0 Å². The maximum Gasteiger partial charge on any atom is 0.325 e. The van der Waals surface area contributed by atoms with Crippen LogP contribution in [0.3, 0.4) is 0 Å². The van der Waals surface area contributed by atoms with E-state index in [2.05, 4.69) is 20.9 Å². The molecule has 6 nitrogen and oxygen atoms in total. The third-order valence-corrected chi connectivity index (χ3v) is 3.66. The smallest absolute Gasteiger partial charge is 0.325 e. The van der Waals surface area contributed by atoms with E-state index in [1.165, 1.54) is 11.3 Å². The molecule has 0 aliphatic heterocycles. The Bertz CT molecular complexity index is 697. The zero-order chi connectivity index (χ0) is 16.8. The predicted octanol–water partition coefficient (Wildman–Crippen LogP) is 3.48. The molecule has 3 N–H and O–H groups in total. The molecule has 23 heavy (non-hydrogen) atoms. The number of thiazole rings is 1. The minimum absolute atomic E-state index is 0.234. The Balaban J connectivity index is 1.91. The maximum absolute atomic E-state index is 11.9. The number of aryl methyl sites for hydroxylation is 1. The number of nitrogens with one attached hydrogen (secondary N) is 3. The van der Waals surface area contributed by atoms with Crippen LogP contribution >= 0.6 is 11.3 Å². The molecule has 0 aliphatic carbocycles. The molecular weight excluding hydrogens is 312 g/mol. The van der Waals surface area contributed by atoms with Crippen LogP contribution in [0.5, 0.6) is 0 Å². The van der Waals surface area contributed by atoms with Crippen molar-refractivity contribution in [3.63, 3.8) is 0 Å². The van der Waals surface area contributed by atoms with Crippen LogP contribution in [0, 0.1) is 12.8 Å². The number of anilines is 2. The molecule has 1 heterocycles. The largest absolute Gasteiger partial charge is 0.350 e. The fourth-order valence-corrected chi connectivity index (χ4v) is 2.49. The summed E-state index contributed by atoms with van der Waals surface area (Å²) in [5, 5.41) is 10.1. The molecule has 1 aromatic carbocycles. The van der Waals surface area contributed by atoms with Crippen molar-refractivity contribution in [3.05, 3.63) is 40.9 Å². The number of hydrogen-bond donors (Lipinski definition) is 3. The van der Waals surface area contributed by atoms with E-state index in [-0.39, 0.29) is 11.9 Å². The molecule has 1 aromatic heterocycles. The highest BCUT2D eigenvalue weighted by Gasteiger charge is 2.12. The van der Waals surface area contributed by atoms with Crippen LogP contribution in [0.15, 0.2) is 29.6 Å². The lowest BCUT2D eigenvalue weighted by molar-refractivity contribution is 0.0944. The van der Waals surface area contributed by atoms with E-state index in [1.54, 1.807) is 11.4 Å². The first-order chi connectivity index (χ1) is 10.9. The minimum Gasteiger partial charge on any atom is -0.350 e. The van der Waals surface area contributed by atoms with E-state index in [4.69, 9.17) is 0 Å². The predicted molar refractivity (Wildman–Crippen MR) is 93.1 cm³/mol. The van der Waals surface area contributed by atoms with E-state index in [0.717, 1.165) is 5.56 Å². The molecule has 2 rings (SSSR count). The van der Waals surface area contributed by atoms with Gasteiger partial charge in [-0.1, -0.05) is 26.0 Å². The Kier molecular flexibility index (Phi) is 5.70. The summed E-state index contributed by atoms with van der Waals surface area (Å²) in [7, 11) is 0. The maximum atomic E-state index is 11.9. The summed E-state index contributed by atoms with van der Waals surface area (Å²) in [6.45, 7) is 6.58. The van der Waals surface area contributed by atoms with Crippen molar-refractivity contribution >= 4 is 34.1 Å². The van der Waals surface area contributed by atoms with Crippen LogP contribution < -0.4 is 16.0 Å². The molecular formula is C16H20N4O2S. The van der Waals surface area contributed by atoms with Gasteiger partial charge in [0, 0.05) is 17.6 Å². The number of carbonyl (C=O) groups excluding carboxylic acids is 2. The minimum atomic E-state index is -0.390. The van der Waals surface area contributed by atoms with Gasteiger partial charge in [-0.15, -0.1) is 11.3 Å². The molecule has 0 saturated heterocycles. The normalized spacial score (nSPS) is 10.4. The Morgan fingerprint density at radius 2 is 2.04 bits per heavy atom. The Morgan fingerprint density at radius 1 is 1.26 bits per heavy atom. The molecule has 0 radical (unpaired) electrons. The van der Waals surface area contributed by atoms with Crippen molar-refractivity contribution in [1.82, 2.24) is 10.3 Å². The number of hydrogen-bond acceptors (Lipinski definition) is 4. The Morgan fingerprint density at radius 3 is 2.74 bits per heavy atom. The van der Waals surface area contributed by atoms with Crippen molar-refractivity contribution < 1.29 is 9.59 Å². The monoisotopic (exact) mass is 332 g/mol. The fraction of sp³-hybridized carbons (Fsp3) is 0.312. The van der Waals surface area contributed by atoms with Gasteiger partial charge in [0.1, 0.15) is 5.69 Å². The first kappa shape index (κ1) is 17.0. The lowest BCUT2D eigenvalue weighted by Crippen LogP contribution is -2.27. The molecule has 2 aromatic rings. The third-order valence-electron chi connectivity index (χ3n) is 2.90. The van der Waals surface area contributed by atoms with Crippen molar-refractivity contribution in [2.24, 2.45) is 5.92 Å². The first-order valence-corrected chi connectivity index (χ1v) is 8.20. The quantitative estimate of drug-likeness (QED) is 0.784. The summed E-state index contributed by atoms with van der Waals surface area (Å²) in [6.07, 6.45) is 0. The van der Waals surface area contributed by atoms with Gasteiger partial charge in [0.25, 0.3) is 5.91 Å². The van der Waals surface area contributed by atoms with Crippen LogP contribution in [0.25, 0.3) is 0 Å². The molecule has 7 heteroatoms. The summed E-state index contributed by atoms with van der Waals surface area (Å²) in [5.41, 5.74) is 2.07. The molecule has 0 spiro atoms. The summed E-state index contributed by atoms with van der Waals surface area (Å²) in [5.74, 6) is 0.136. The van der Waals surface area contributed by atoms with Crippen molar-refractivity contribution in [1.29, 1.82) is 0 Å². The zero-order valence-electron chi connectivity index (χ0n) is 13.3. The molecule has 0 bridgehead atoms.